The minimum absolute atomic E-state index is 0.298. The van der Waals surface area contributed by atoms with Crippen LogP contribution in [-0.4, -0.2) is 5.97 Å². The second-order valence-corrected chi connectivity index (χ2v) is 6.43. The molecule has 122 valence electrons. The van der Waals surface area contributed by atoms with Gasteiger partial charge in [0.1, 0.15) is 0 Å². The van der Waals surface area contributed by atoms with Crippen LogP contribution in [0.15, 0.2) is 59.5 Å². The van der Waals surface area contributed by atoms with Gasteiger partial charge >= 0.3 is 5.97 Å². The number of aryl methyl sites for hydroxylation is 1. The topological polar surface area (TPSA) is 26.3 Å². The Morgan fingerprint density at radius 2 is 1.61 bits per heavy atom. The molecule has 0 heterocycles. The number of unbranched alkanes of at least 4 members (excludes halogenated alkanes) is 4. The summed E-state index contributed by atoms with van der Waals surface area (Å²) in [6.07, 6.45) is 7.50. The lowest BCUT2D eigenvalue weighted by atomic mass is 10.0. The largest absolute Gasteiger partial charge is 0.382 e. The van der Waals surface area contributed by atoms with E-state index in [1.54, 1.807) is 0 Å². The van der Waals surface area contributed by atoms with E-state index in [1.165, 1.54) is 37.7 Å². The van der Waals surface area contributed by atoms with Crippen LogP contribution < -0.4 is 0 Å². The lowest BCUT2D eigenvalue weighted by Crippen LogP contribution is -2.00. The van der Waals surface area contributed by atoms with Crippen LogP contribution in [0, 0.1) is 0 Å². The van der Waals surface area contributed by atoms with Crippen molar-refractivity contribution in [2.45, 2.75) is 50.3 Å². The fourth-order valence-electron chi connectivity index (χ4n) is 2.35. The van der Waals surface area contributed by atoms with Crippen LogP contribution in [-0.2, 0) is 10.6 Å². The minimum atomic E-state index is -0.298. The first-order valence-corrected chi connectivity index (χ1v) is 9.06. The van der Waals surface area contributed by atoms with Gasteiger partial charge in [-0.1, -0.05) is 62.9 Å². The van der Waals surface area contributed by atoms with Crippen molar-refractivity contribution in [1.29, 1.82) is 0 Å². The third kappa shape index (κ3) is 6.49. The molecule has 0 aliphatic carbocycles. The molecule has 0 fully saturated rings. The predicted octanol–water partition coefficient (Wildman–Crippen LogP) is 6.06. The van der Waals surface area contributed by atoms with Crippen molar-refractivity contribution in [3.05, 3.63) is 65.7 Å². The Labute approximate surface area is 143 Å². The summed E-state index contributed by atoms with van der Waals surface area (Å²) in [6.45, 7) is 2.23. The summed E-state index contributed by atoms with van der Waals surface area (Å²) in [7, 11) is 0. The Balaban J connectivity index is 1.76. The maximum atomic E-state index is 12.0. The van der Waals surface area contributed by atoms with Gasteiger partial charge in [-0.15, -0.1) is 0 Å². The Hall–Kier alpha value is -1.74. The highest BCUT2D eigenvalue weighted by Crippen LogP contribution is 2.20. The summed E-state index contributed by atoms with van der Waals surface area (Å²) in [5.41, 5.74) is 1.89. The van der Waals surface area contributed by atoms with Gasteiger partial charge in [-0.2, -0.15) is 0 Å². The molecular formula is C20H24O2S. The van der Waals surface area contributed by atoms with Crippen LogP contribution in [0.4, 0.5) is 0 Å². The van der Waals surface area contributed by atoms with E-state index in [0.717, 1.165) is 23.4 Å². The quantitative estimate of drug-likeness (QED) is 0.413. The van der Waals surface area contributed by atoms with Gasteiger partial charge in [0.15, 0.2) is 0 Å². The number of hydrogen-bond acceptors (Lipinski definition) is 3. The van der Waals surface area contributed by atoms with E-state index in [4.69, 9.17) is 4.18 Å². The molecule has 0 N–H and O–H groups in total. The number of rotatable bonds is 9. The van der Waals surface area contributed by atoms with Crippen LogP contribution in [0.1, 0.15) is 54.9 Å². The Morgan fingerprint density at radius 3 is 2.30 bits per heavy atom. The fourth-order valence-corrected chi connectivity index (χ4v) is 2.89. The zero-order chi connectivity index (χ0) is 16.3. The number of carbonyl (C=O) groups excluding carboxylic acids is 1. The van der Waals surface area contributed by atoms with Gasteiger partial charge in [0.05, 0.1) is 17.6 Å². The molecule has 0 radical (unpaired) electrons. The van der Waals surface area contributed by atoms with Crippen molar-refractivity contribution in [3.8, 4) is 0 Å². The summed E-state index contributed by atoms with van der Waals surface area (Å²) < 4.78 is 5.26. The molecule has 0 amide bonds. The summed E-state index contributed by atoms with van der Waals surface area (Å²) in [6, 6.07) is 17.4. The molecule has 2 aromatic carbocycles. The summed E-state index contributed by atoms with van der Waals surface area (Å²) in [4.78, 5) is 12.9. The van der Waals surface area contributed by atoms with Crippen molar-refractivity contribution in [2.24, 2.45) is 0 Å². The molecule has 0 unspecified atom stereocenters. The number of carbonyl (C=O) groups is 1. The number of hydrogen-bond donors (Lipinski definition) is 0. The standard InChI is InChI=1S/C20H24O2S/c1-2-3-4-5-7-10-17-13-15-18(16-14-17)20(21)22-23-19-11-8-6-9-12-19/h6,8-9,11-16H,2-5,7,10H2,1H3. The van der Waals surface area contributed by atoms with Gasteiger partial charge in [-0.05, 0) is 42.7 Å². The van der Waals surface area contributed by atoms with Gasteiger partial charge in [-0.25, -0.2) is 4.79 Å². The first-order valence-electron chi connectivity index (χ1n) is 8.32. The third-order valence-electron chi connectivity index (χ3n) is 3.72. The molecule has 0 aliphatic heterocycles. The highest BCUT2D eigenvalue weighted by molar-refractivity contribution is 7.95. The highest BCUT2D eigenvalue weighted by atomic mass is 32.2. The fraction of sp³-hybridized carbons (Fsp3) is 0.350. The molecular weight excluding hydrogens is 304 g/mol. The minimum Gasteiger partial charge on any atom is -0.382 e. The van der Waals surface area contributed by atoms with Gasteiger partial charge in [0, 0.05) is 4.90 Å². The van der Waals surface area contributed by atoms with Crippen molar-refractivity contribution in [1.82, 2.24) is 0 Å². The van der Waals surface area contributed by atoms with Crippen LogP contribution >= 0.6 is 12.0 Å². The number of benzene rings is 2. The van der Waals surface area contributed by atoms with Crippen LogP contribution in [0.25, 0.3) is 0 Å². The zero-order valence-electron chi connectivity index (χ0n) is 13.7. The molecule has 0 saturated carbocycles. The van der Waals surface area contributed by atoms with Crippen LogP contribution in [0.3, 0.4) is 0 Å². The van der Waals surface area contributed by atoms with E-state index in [9.17, 15) is 4.79 Å². The lowest BCUT2D eigenvalue weighted by Gasteiger charge is -2.05. The average molecular weight is 328 g/mol. The van der Waals surface area contributed by atoms with E-state index in [0.29, 0.717) is 5.56 Å². The maximum absolute atomic E-state index is 12.0. The SMILES string of the molecule is CCCCCCCc1ccc(C(=O)OSc2ccccc2)cc1. The zero-order valence-corrected chi connectivity index (χ0v) is 14.5. The van der Waals surface area contributed by atoms with Crippen molar-refractivity contribution in [3.63, 3.8) is 0 Å². The molecule has 3 heteroatoms. The second kappa shape index (κ2) is 10.1. The molecule has 0 atom stereocenters. The third-order valence-corrected chi connectivity index (χ3v) is 4.41. The molecule has 0 saturated heterocycles. The Kier molecular flexibility index (Phi) is 7.74. The van der Waals surface area contributed by atoms with E-state index in [2.05, 4.69) is 6.92 Å². The van der Waals surface area contributed by atoms with Crippen LogP contribution in [0.2, 0.25) is 0 Å². The molecule has 2 aromatic rings. The van der Waals surface area contributed by atoms with Gasteiger partial charge in [0.25, 0.3) is 0 Å². The molecule has 0 aliphatic rings. The average Bonchev–Trinajstić information content (AvgIpc) is 2.61. The highest BCUT2D eigenvalue weighted by Gasteiger charge is 2.08. The molecule has 0 spiro atoms. The normalized spacial score (nSPS) is 10.5. The van der Waals surface area contributed by atoms with Crippen molar-refractivity contribution in [2.75, 3.05) is 0 Å². The molecule has 23 heavy (non-hydrogen) atoms. The summed E-state index contributed by atoms with van der Waals surface area (Å²) >= 11 is 1.10. The first-order chi connectivity index (χ1) is 11.3. The molecule has 0 bridgehead atoms. The van der Waals surface area contributed by atoms with E-state index in [-0.39, 0.29) is 5.97 Å². The summed E-state index contributed by atoms with van der Waals surface area (Å²) in [5, 5.41) is 0. The smallest absolute Gasteiger partial charge is 0.350 e. The van der Waals surface area contributed by atoms with Crippen molar-refractivity contribution >= 4 is 18.0 Å². The molecule has 0 aromatic heterocycles. The summed E-state index contributed by atoms with van der Waals surface area (Å²) in [5.74, 6) is -0.298. The second-order valence-electron chi connectivity index (χ2n) is 5.63. The molecule has 2 nitrogen and oxygen atoms in total. The van der Waals surface area contributed by atoms with E-state index < -0.39 is 0 Å². The molecule has 2 rings (SSSR count). The van der Waals surface area contributed by atoms with Crippen molar-refractivity contribution < 1.29 is 8.98 Å². The Bertz CT molecular complexity index is 578. The van der Waals surface area contributed by atoms with Crippen LogP contribution in [0.5, 0.6) is 0 Å². The first kappa shape index (κ1) is 17.6. The lowest BCUT2D eigenvalue weighted by molar-refractivity contribution is 0.0768. The van der Waals surface area contributed by atoms with Gasteiger partial charge < -0.3 is 4.18 Å². The maximum Gasteiger partial charge on any atom is 0.350 e. The van der Waals surface area contributed by atoms with E-state index >= 15 is 0 Å². The van der Waals surface area contributed by atoms with E-state index in [1.807, 2.05) is 54.6 Å². The Morgan fingerprint density at radius 1 is 0.913 bits per heavy atom. The van der Waals surface area contributed by atoms with Gasteiger partial charge in [-0.3, -0.25) is 0 Å². The van der Waals surface area contributed by atoms with Gasteiger partial charge in [0.2, 0.25) is 0 Å². The predicted molar refractivity (Wildman–Crippen MR) is 96.6 cm³/mol. The monoisotopic (exact) mass is 328 g/mol.